The molecule has 0 aliphatic carbocycles. The van der Waals surface area contributed by atoms with Gasteiger partial charge in [0, 0.05) is 5.94 Å². The quantitative estimate of drug-likeness (QED) is 0.375. The van der Waals surface area contributed by atoms with Crippen LogP contribution in [0.1, 0.15) is 0 Å². The summed E-state index contributed by atoms with van der Waals surface area (Å²) in [5.41, 5.74) is 0. The van der Waals surface area contributed by atoms with E-state index >= 15 is 0 Å². The highest BCUT2D eigenvalue weighted by atomic mass is 31.0. The zero-order chi connectivity index (χ0) is 5.70. The molecule has 0 saturated carbocycles. The minimum atomic E-state index is 0.222. The lowest BCUT2D eigenvalue weighted by molar-refractivity contribution is 0.288. The van der Waals surface area contributed by atoms with Crippen molar-refractivity contribution >= 4 is 16.7 Å². The molecule has 0 aliphatic heterocycles. The van der Waals surface area contributed by atoms with Crippen molar-refractivity contribution in [2.75, 3.05) is 6.61 Å². The number of hydrogen-bond donors (Lipinski definition) is 2. The molecule has 0 spiro atoms. The average Bonchev–Trinajstić information content (AvgIpc) is 1.72. The van der Waals surface area contributed by atoms with Gasteiger partial charge in [0.2, 0.25) is 0 Å². The van der Waals surface area contributed by atoms with Gasteiger partial charge in [0.15, 0.2) is 0 Å². The summed E-state index contributed by atoms with van der Waals surface area (Å²) < 4.78 is 0. The average molecular weight is 119 g/mol. The third kappa shape index (κ3) is 3.04. The second kappa shape index (κ2) is 4.57. The van der Waals surface area contributed by atoms with Gasteiger partial charge in [-0.05, 0) is 0 Å². The van der Waals surface area contributed by atoms with Gasteiger partial charge in [-0.1, -0.05) is 16.2 Å². The molecule has 2 N–H and O–H groups in total. The highest BCUT2D eigenvalue weighted by molar-refractivity contribution is 7.13. The van der Waals surface area contributed by atoms with Crippen LogP contribution in [0.4, 0.5) is 0 Å². The second-order valence-electron chi connectivity index (χ2n) is 1.45. The van der Waals surface area contributed by atoms with E-state index in [1.807, 2.05) is 6.82 Å². The normalized spacial score (nSPS) is 13.6. The summed E-state index contributed by atoms with van der Waals surface area (Å²) in [5.74, 6) is 0.255. The zero-order valence-electron chi connectivity index (χ0n) is 4.52. The Morgan fingerprint density at radius 2 is 2.57 bits per heavy atom. The molecule has 0 aliphatic rings. The van der Waals surface area contributed by atoms with Crippen LogP contribution in [0.25, 0.3) is 0 Å². The van der Waals surface area contributed by atoms with E-state index in [0.29, 0.717) is 0 Å². The fraction of sp³-hybridized carbons (Fsp3) is 1.00. The highest BCUT2D eigenvalue weighted by Crippen LogP contribution is 1.80. The van der Waals surface area contributed by atoms with Crippen molar-refractivity contribution in [3.05, 3.63) is 0 Å². The van der Waals surface area contributed by atoms with E-state index in [1.54, 1.807) is 0 Å². The standard InChI is InChI=1S/C3H11BNOP/c1-4-3(2-6)5-7/h3-6H,2,7H2,1H3. The van der Waals surface area contributed by atoms with Crippen molar-refractivity contribution in [3.63, 3.8) is 0 Å². The van der Waals surface area contributed by atoms with E-state index in [-0.39, 0.29) is 12.5 Å². The van der Waals surface area contributed by atoms with E-state index in [0.717, 1.165) is 7.28 Å². The first kappa shape index (κ1) is 7.41. The summed E-state index contributed by atoms with van der Waals surface area (Å²) in [6.45, 7) is 2.25. The summed E-state index contributed by atoms with van der Waals surface area (Å²) >= 11 is 0. The second-order valence-corrected chi connectivity index (χ2v) is 1.79. The third-order valence-corrected chi connectivity index (χ3v) is 1.42. The van der Waals surface area contributed by atoms with Gasteiger partial charge in [-0.3, -0.25) is 0 Å². The molecule has 0 aromatic heterocycles. The van der Waals surface area contributed by atoms with Gasteiger partial charge in [-0.25, -0.2) is 0 Å². The van der Waals surface area contributed by atoms with Gasteiger partial charge in [0.05, 0.1) is 6.61 Å². The van der Waals surface area contributed by atoms with Gasteiger partial charge >= 0.3 is 0 Å². The topological polar surface area (TPSA) is 32.3 Å². The number of rotatable bonds is 3. The predicted molar refractivity (Wildman–Crippen MR) is 36.7 cm³/mol. The summed E-state index contributed by atoms with van der Waals surface area (Å²) in [5, 5.41) is 11.3. The Labute approximate surface area is 47.2 Å². The summed E-state index contributed by atoms with van der Waals surface area (Å²) in [6, 6.07) is 0. The van der Waals surface area contributed by atoms with Crippen molar-refractivity contribution < 1.29 is 5.11 Å². The maximum Gasteiger partial charge on any atom is 0.142 e. The summed E-state index contributed by atoms with van der Waals surface area (Å²) in [4.78, 5) is 0. The molecular weight excluding hydrogens is 108 g/mol. The monoisotopic (exact) mass is 119 g/mol. The van der Waals surface area contributed by atoms with E-state index in [9.17, 15) is 0 Å². The van der Waals surface area contributed by atoms with Gasteiger partial charge < -0.3 is 10.2 Å². The Bertz CT molecular complexity index is 36.4. The minimum absolute atomic E-state index is 0.222. The van der Waals surface area contributed by atoms with Crippen molar-refractivity contribution in [2.24, 2.45) is 0 Å². The smallest absolute Gasteiger partial charge is 0.142 e. The molecule has 0 fully saturated rings. The van der Waals surface area contributed by atoms with Crippen molar-refractivity contribution in [3.8, 4) is 0 Å². The van der Waals surface area contributed by atoms with E-state index < -0.39 is 0 Å². The van der Waals surface area contributed by atoms with E-state index in [2.05, 4.69) is 14.5 Å². The maximum atomic E-state index is 8.45. The van der Waals surface area contributed by atoms with Gasteiger partial charge in [0.1, 0.15) is 7.28 Å². The summed E-state index contributed by atoms with van der Waals surface area (Å²) in [7, 11) is 3.35. The number of nitrogens with one attached hydrogen (secondary N) is 1. The van der Waals surface area contributed by atoms with Crippen LogP contribution >= 0.6 is 9.39 Å². The molecule has 0 heterocycles. The zero-order valence-corrected chi connectivity index (χ0v) is 5.67. The molecule has 7 heavy (non-hydrogen) atoms. The van der Waals surface area contributed by atoms with Crippen LogP contribution < -0.4 is 5.09 Å². The van der Waals surface area contributed by atoms with Crippen molar-refractivity contribution in [2.45, 2.75) is 12.8 Å². The number of aliphatic hydroxyl groups excluding tert-OH is 1. The first-order chi connectivity index (χ1) is 3.35. The Hall–Kier alpha value is 0.415. The molecule has 42 valence electrons. The first-order valence-corrected chi connectivity index (χ1v) is 2.99. The molecule has 2 nitrogen and oxygen atoms in total. The molecule has 2 unspecified atom stereocenters. The fourth-order valence-electron chi connectivity index (χ4n) is 0.300. The van der Waals surface area contributed by atoms with Gasteiger partial charge in [-0.2, -0.15) is 0 Å². The SMILES string of the molecule is CBC(CO)NP. The molecule has 0 aromatic carbocycles. The lowest BCUT2D eigenvalue weighted by Crippen LogP contribution is -2.29. The Morgan fingerprint density at radius 1 is 2.00 bits per heavy atom. The molecule has 0 bridgehead atoms. The number of hydrogen-bond acceptors (Lipinski definition) is 2. The van der Waals surface area contributed by atoms with Crippen LogP contribution in [0.5, 0.6) is 0 Å². The van der Waals surface area contributed by atoms with Crippen LogP contribution in [0.2, 0.25) is 6.82 Å². The predicted octanol–water partition coefficient (Wildman–Crippen LogP) is -0.831. The Balaban J connectivity index is 2.99. The van der Waals surface area contributed by atoms with Crippen LogP contribution in [0.15, 0.2) is 0 Å². The largest absolute Gasteiger partial charge is 0.396 e. The summed E-state index contributed by atoms with van der Waals surface area (Å²) in [6.07, 6.45) is 0. The van der Waals surface area contributed by atoms with Crippen molar-refractivity contribution in [1.29, 1.82) is 0 Å². The highest BCUT2D eigenvalue weighted by Gasteiger charge is 1.98. The number of aliphatic hydroxyl groups is 1. The molecule has 0 amide bonds. The lowest BCUT2D eigenvalue weighted by atomic mass is 9.74. The van der Waals surface area contributed by atoms with Crippen LogP contribution in [0.3, 0.4) is 0 Å². The molecule has 2 atom stereocenters. The minimum Gasteiger partial charge on any atom is -0.396 e. The van der Waals surface area contributed by atoms with E-state index in [1.165, 1.54) is 0 Å². The molecule has 0 rings (SSSR count). The van der Waals surface area contributed by atoms with Crippen LogP contribution in [0, 0.1) is 0 Å². The third-order valence-electron chi connectivity index (χ3n) is 0.949. The van der Waals surface area contributed by atoms with Crippen molar-refractivity contribution in [1.82, 2.24) is 5.09 Å². The Morgan fingerprint density at radius 3 is 2.57 bits per heavy atom. The first-order valence-electron chi connectivity index (χ1n) is 2.42. The fourth-order valence-corrected chi connectivity index (χ4v) is 0.641. The van der Waals surface area contributed by atoms with E-state index in [4.69, 9.17) is 5.11 Å². The van der Waals surface area contributed by atoms with Gasteiger partial charge in [-0.15, -0.1) is 0 Å². The maximum absolute atomic E-state index is 8.45. The van der Waals surface area contributed by atoms with Crippen LogP contribution in [-0.4, -0.2) is 24.9 Å². The molecule has 0 radical (unpaired) electrons. The lowest BCUT2D eigenvalue weighted by Gasteiger charge is -2.05. The molecule has 0 saturated heterocycles. The van der Waals surface area contributed by atoms with Gasteiger partial charge in [0.25, 0.3) is 0 Å². The molecule has 4 heteroatoms. The van der Waals surface area contributed by atoms with Crippen LogP contribution in [-0.2, 0) is 0 Å². The molecule has 0 aromatic rings. The molecular formula is C3H11BNOP. The Kier molecular flexibility index (Phi) is 4.84.